The number of nitrogens with zero attached hydrogens (tertiary/aromatic N) is 1. The third-order valence-corrected chi connectivity index (χ3v) is 3.79. The Bertz CT molecular complexity index is 235. The van der Waals surface area contributed by atoms with Crippen molar-refractivity contribution in [3.63, 3.8) is 0 Å². The van der Waals surface area contributed by atoms with E-state index in [0.717, 1.165) is 38.8 Å². The fourth-order valence-electron chi connectivity index (χ4n) is 2.58. The fourth-order valence-corrected chi connectivity index (χ4v) is 2.58. The van der Waals surface area contributed by atoms with Crippen LogP contribution in [0.1, 0.15) is 32.1 Å². The molecule has 92 valence electrons. The second-order valence-electron chi connectivity index (χ2n) is 4.88. The summed E-state index contributed by atoms with van der Waals surface area (Å²) in [6.45, 7) is 2.45. The third-order valence-electron chi connectivity index (χ3n) is 3.79. The Morgan fingerprint density at radius 3 is 2.62 bits per heavy atom. The zero-order valence-electron chi connectivity index (χ0n) is 9.82. The van der Waals surface area contributed by atoms with E-state index in [2.05, 4.69) is 5.32 Å². The Labute approximate surface area is 97.0 Å². The molecule has 1 saturated carbocycles. The Hall–Kier alpha value is -0.610. The van der Waals surface area contributed by atoms with Gasteiger partial charge in [-0.15, -0.1) is 0 Å². The lowest BCUT2D eigenvalue weighted by molar-refractivity contribution is -0.140. The van der Waals surface area contributed by atoms with Gasteiger partial charge in [-0.25, -0.2) is 0 Å². The fraction of sp³-hybridized carbons (Fsp3) is 0.917. The Balaban J connectivity index is 1.92. The van der Waals surface area contributed by atoms with Crippen molar-refractivity contribution in [3.8, 4) is 0 Å². The average Bonchev–Trinajstić information content (AvgIpc) is 2.26. The van der Waals surface area contributed by atoms with Crippen molar-refractivity contribution in [2.24, 2.45) is 5.92 Å². The molecule has 16 heavy (non-hydrogen) atoms. The topological polar surface area (TPSA) is 52.6 Å². The van der Waals surface area contributed by atoms with E-state index in [1.165, 1.54) is 6.42 Å². The molecule has 2 fully saturated rings. The van der Waals surface area contributed by atoms with E-state index < -0.39 is 0 Å². The van der Waals surface area contributed by atoms with Gasteiger partial charge in [-0.2, -0.15) is 0 Å². The van der Waals surface area contributed by atoms with E-state index in [9.17, 15) is 4.79 Å². The van der Waals surface area contributed by atoms with Crippen LogP contribution in [0.15, 0.2) is 0 Å². The first-order valence-corrected chi connectivity index (χ1v) is 6.45. The first kappa shape index (κ1) is 11.9. The first-order valence-electron chi connectivity index (χ1n) is 6.45. The normalized spacial score (nSPS) is 26.2. The summed E-state index contributed by atoms with van der Waals surface area (Å²) in [4.78, 5) is 14.2. The molecule has 1 aliphatic heterocycles. The molecule has 1 atom stereocenters. The second-order valence-corrected chi connectivity index (χ2v) is 4.88. The predicted octanol–water partition coefficient (Wildman–Crippen LogP) is 0.359. The van der Waals surface area contributed by atoms with Crippen LogP contribution in [0.4, 0.5) is 0 Å². The van der Waals surface area contributed by atoms with Crippen molar-refractivity contribution in [3.05, 3.63) is 0 Å². The SMILES string of the molecule is O=C([C@@H]1CCCNC1)N(CCO)C1CCC1. The van der Waals surface area contributed by atoms with Crippen molar-refractivity contribution >= 4 is 5.91 Å². The molecular formula is C12H22N2O2. The number of piperidine rings is 1. The molecule has 0 unspecified atom stereocenters. The van der Waals surface area contributed by atoms with Crippen LogP contribution in [0.2, 0.25) is 0 Å². The van der Waals surface area contributed by atoms with Gasteiger partial charge < -0.3 is 15.3 Å². The van der Waals surface area contributed by atoms with E-state index in [1.54, 1.807) is 0 Å². The summed E-state index contributed by atoms with van der Waals surface area (Å²) in [7, 11) is 0. The number of hydrogen-bond donors (Lipinski definition) is 2. The van der Waals surface area contributed by atoms with Crippen LogP contribution in [-0.2, 0) is 4.79 Å². The summed E-state index contributed by atoms with van der Waals surface area (Å²) >= 11 is 0. The standard InChI is InChI=1S/C12H22N2O2/c15-8-7-14(11-4-1-5-11)12(16)10-3-2-6-13-9-10/h10-11,13,15H,1-9H2/t10-/m1/s1. The molecular weight excluding hydrogens is 204 g/mol. The highest BCUT2D eigenvalue weighted by atomic mass is 16.3. The molecule has 1 aliphatic carbocycles. The lowest BCUT2D eigenvalue weighted by Gasteiger charge is -2.39. The van der Waals surface area contributed by atoms with Gasteiger partial charge in [-0.3, -0.25) is 4.79 Å². The minimum Gasteiger partial charge on any atom is -0.395 e. The van der Waals surface area contributed by atoms with Crippen molar-refractivity contribution in [2.75, 3.05) is 26.2 Å². The summed E-state index contributed by atoms with van der Waals surface area (Å²) in [5.74, 6) is 0.395. The average molecular weight is 226 g/mol. The number of nitrogens with one attached hydrogen (secondary N) is 1. The number of hydrogen-bond acceptors (Lipinski definition) is 3. The Kier molecular flexibility index (Phi) is 4.18. The van der Waals surface area contributed by atoms with Gasteiger partial charge in [0.2, 0.25) is 5.91 Å². The largest absolute Gasteiger partial charge is 0.395 e. The van der Waals surface area contributed by atoms with Crippen molar-refractivity contribution < 1.29 is 9.90 Å². The van der Waals surface area contributed by atoms with E-state index in [4.69, 9.17) is 5.11 Å². The quantitative estimate of drug-likeness (QED) is 0.728. The number of carbonyl (C=O) groups excluding carboxylic acids is 1. The lowest BCUT2D eigenvalue weighted by Crippen LogP contribution is -2.50. The zero-order chi connectivity index (χ0) is 11.4. The molecule has 0 spiro atoms. The molecule has 4 nitrogen and oxygen atoms in total. The Morgan fingerprint density at radius 1 is 1.31 bits per heavy atom. The number of amides is 1. The van der Waals surface area contributed by atoms with Gasteiger partial charge in [0.15, 0.2) is 0 Å². The molecule has 0 aromatic carbocycles. The van der Waals surface area contributed by atoms with Crippen LogP contribution in [-0.4, -0.2) is 48.2 Å². The molecule has 1 heterocycles. The maximum atomic E-state index is 12.3. The lowest BCUT2D eigenvalue weighted by atomic mass is 9.89. The molecule has 0 aromatic rings. The minimum absolute atomic E-state index is 0.0857. The number of carbonyl (C=O) groups is 1. The molecule has 4 heteroatoms. The van der Waals surface area contributed by atoms with Gasteiger partial charge in [-0.05, 0) is 38.6 Å². The third kappa shape index (κ3) is 2.55. The molecule has 2 N–H and O–H groups in total. The Morgan fingerprint density at radius 2 is 2.12 bits per heavy atom. The summed E-state index contributed by atoms with van der Waals surface area (Å²) in [6, 6.07) is 0.404. The molecule has 1 saturated heterocycles. The van der Waals surface area contributed by atoms with E-state index in [-0.39, 0.29) is 18.4 Å². The molecule has 2 aliphatic rings. The molecule has 1 amide bonds. The van der Waals surface area contributed by atoms with Crippen LogP contribution < -0.4 is 5.32 Å². The van der Waals surface area contributed by atoms with Gasteiger partial charge in [-0.1, -0.05) is 0 Å². The van der Waals surface area contributed by atoms with E-state index in [1.807, 2.05) is 4.90 Å². The van der Waals surface area contributed by atoms with Gasteiger partial charge in [0.25, 0.3) is 0 Å². The predicted molar refractivity (Wildman–Crippen MR) is 62.0 cm³/mol. The van der Waals surface area contributed by atoms with E-state index >= 15 is 0 Å². The maximum absolute atomic E-state index is 12.3. The van der Waals surface area contributed by atoms with Gasteiger partial charge >= 0.3 is 0 Å². The van der Waals surface area contributed by atoms with Crippen LogP contribution in [0.25, 0.3) is 0 Å². The van der Waals surface area contributed by atoms with E-state index in [0.29, 0.717) is 12.6 Å². The zero-order valence-corrected chi connectivity index (χ0v) is 9.82. The van der Waals surface area contributed by atoms with Gasteiger partial charge in [0.1, 0.15) is 0 Å². The van der Waals surface area contributed by atoms with Crippen LogP contribution >= 0.6 is 0 Å². The molecule has 0 aromatic heterocycles. The monoisotopic (exact) mass is 226 g/mol. The highest BCUT2D eigenvalue weighted by molar-refractivity contribution is 5.79. The molecule has 2 rings (SSSR count). The van der Waals surface area contributed by atoms with Crippen LogP contribution in [0.5, 0.6) is 0 Å². The summed E-state index contributed by atoms with van der Waals surface area (Å²) in [5.41, 5.74) is 0. The van der Waals surface area contributed by atoms with Crippen molar-refractivity contribution in [1.82, 2.24) is 10.2 Å². The molecule has 0 radical (unpaired) electrons. The van der Waals surface area contributed by atoms with Crippen LogP contribution in [0.3, 0.4) is 0 Å². The highest BCUT2D eigenvalue weighted by Gasteiger charge is 2.32. The van der Waals surface area contributed by atoms with Crippen molar-refractivity contribution in [2.45, 2.75) is 38.1 Å². The summed E-state index contributed by atoms with van der Waals surface area (Å²) in [5, 5.41) is 12.3. The van der Waals surface area contributed by atoms with Crippen molar-refractivity contribution in [1.29, 1.82) is 0 Å². The molecule has 0 bridgehead atoms. The number of rotatable bonds is 4. The summed E-state index contributed by atoms with van der Waals surface area (Å²) < 4.78 is 0. The van der Waals surface area contributed by atoms with Gasteiger partial charge in [0, 0.05) is 19.1 Å². The van der Waals surface area contributed by atoms with Gasteiger partial charge in [0.05, 0.1) is 12.5 Å². The highest BCUT2D eigenvalue weighted by Crippen LogP contribution is 2.27. The minimum atomic E-state index is 0.0857. The number of aliphatic hydroxyl groups is 1. The van der Waals surface area contributed by atoms with Crippen LogP contribution in [0, 0.1) is 5.92 Å². The smallest absolute Gasteiger partial charge is 0.227 e. The number of aliphatic hydroxyl groups excluding tert-OH is 1. The first-order chi connectivity index (χ1) is 7.83. The second kappa shape index (κ2) is 5.64. The maximum Gasteiger partial charge on any atom is 0.227 e. The summed E-state index contributed by atoms with van der Waals surface area (Å²) in [6.07, 6.45) is 5.55.